The van der Waals surface area contributed by atoms with Crippen LogP contribution in [0.4, 0.5) is 4.39 Å². The molecule has 1 aliphatic heterocycles. The SMILES string of the molecule is CC(C)(C)CN[C@@H]1[C@@H](O)CO[C@@H]1Cn1cc(-c2cccc(F)c2)nn1. The molecule has 25 heavy (non-hydrogen) atoms. The quantitative estimate of drug-likeness (QED) is 0.863. The number of aliphatic hydroxyl groups excluding tert-OH is 1. The molecule has 136 valence electrons. The van der Waals surface area contributed by atoms with Crippen molar-refractivity contribution in [2.45, 2.75) is 45.6 Å². The van der Waals surface area contributed by atoms with Crippen molar-refractivity contribution in [3.63, 3.8) is 0 Å². The van der Waals surface area contributed by atoms with E-state index in [9.17, 15) is 9.50 Å². The van der Waals surface area contributed by atoms with Crippen LogP contribution in [0.2, 0.25) is 0 Å². The van der Waals surface area contributed by atoms with Gasteiger partial charge in [-0.05, 0) is 17.5 Å². The molecule has 0 radical (unpaired) electrons. The highest BCUT2D eigenvalue weighted by molar-refractivity contribution is 5.57. The lowest BCUT2D eigenvalue weighted by Crippen LogP contribution is -2.48. The Morgan fingerprint density at radius 3 is 2.92 bits per heavy atom. The Morgan fingerprint density at radius 1 is 1.40 bits per heavy atom. The minimum Gasteiger partial charge on any atom is -0.389 e. The molecule has 0 bridgehead atoms. The van der Waals surface area contributed by atoms with E-state index in [-0.39, 0.29) is 23.4 Å². The molecule has 1 aromatic heterocycles. The van der Waals surface area contributed by atoms with E-state index >= 15 is 0 Å². The zero-order chi connectivity index (χ0) is 18.0. The molecular formula is C18H25FN4O2. The van der Waals surface area contributed by atoms with Crippen molar-refractivity contribution in [1.82, 2.24) is 20.3 Å². The lowest BCUT2D eigenvalue weighted by atomic mass is 9.95. The molecule has 0 spiro atoms. The summed E-state index contributed by atoms with van der Waals surface area (Å²) in [7, 11) is 0. The third-order valence-electron chi connectivity index (χ3n) is 4.19. The van der Waals surface area contributed by atoms with E-state index in [1.807, 2.05) is 0 Å². The second kappa shape index (κ2) is 7.19. The van der Waals surface area contributed by atoms with E-state index in [2.05, 4.69) is 36.4 Å². The summed E-state index contributed by atoms with van der Waals surface area (Å²) in [6.45, 7) is 7.97. The van der Waals surface area contributed by atoms with E-state index in [4.69, 9.17) is 4.74 Å². The molecule has 0 aliphatic carbocycles. The molecule has 0 amide bonds. The Kier molecular flexibility index (Phi) is 5.17. The van der Waals surface area contributed by atoms with Gasteiger partial charge in [-0.3, -0.25) is 0 Å². The van der Waals surface area contributed by atoms with Crippen molar-refractivity contribution in [2.24, 2.45) is 5.41 Å². The average molecular weight is 348 g/mol. The Bertz CT molecular complexity index is 713. The summed E-state index contributed by atoms with van der Waals surface area (Å²) in [4.78, 5) is 0. The maximum Gasteiger partial charge on any atom is 0.123 e. The maximum absolute atomic E-state index is 13.4. The van der Waals surface area contributed by atoms with Crippen LogP contribution in [0.1, 0.15) is 20.8 Å². The minimum atomic E-state index is -0.543. The average Bonchev–Trinajstić information content (AvgIpc) is 3.13. The Balaban J connectivity index is 1.67. The molecule has 1 aromatic carbocycles. The zero-order valence-corrected chi connectivity index (χ0v) is 14.8. The summed E-state index contributed by atoms with van der Waals surface area (Å²) in [5, 5.41) is 21.8. The van der Waals surface area contributed by atoms with Crippen molar-refractivity contribution < 1.29 is 14.2 Å². The van der Waals surface area contributed by atoms with Crippen LogP contribution < -0.4 is 5.32 Å². The number of hydrogen-bond donors (Lipinski definition) is 2. The lowest BCUT2D eigenvalue weighted by Gasteiger charge is -2.26. The Morgan fingerprint density at radius 2 is 2.20 bits per heavy atom. The van der Waals surface area contributed by atoms with Crippen molar-refractivity contribution >= 4 is 0 Å². The molecule has 7 heteroatoms. The molecule has 1 saturated heterocycles. The largest absolute Gasteiger partial charge is 0.389 e. The molecule has 3 atom stereocenters. The van der Waals surface area contributed by atoms with Gasteiger partial charge in [-0.15, -0.1) is 5.10 Å². The number of benzene rings is 1. The monoisotopic (exact) mass is 348 g/mol. The van der Waals surface area contributed by atoms with Crippen molar-refractivity contribution in [3.05, 3.63) is 36.3 Å². The minimum absolute atomic E-state index is 0.116. The number of aromatic nitrogens is 3. The van der Waals surface area contributed by atoms with Gasteiger partial charge < -0.3 is 15.2 Å². The van der Waals surface area contributed by atoms with E-state index in [0.29, 0.717) is 24.4 Å². The third kappa shape index (κ3) is 4.62. The first-order valence-electron chi connectivity index (χ1n) is 8.51. The van der Waals surface area contributed by atoms with E-state index in [1.165, 1.54) is 12.1 Å². The zero-order valence-electron chi connectivity index (χ0n) is 14.8. The van der Waals surface area contributed by atoms with Crippen LogP contribution in [0.3, 0.4) is 0 Å². The van der Waals surface area contributed by atoms with Crippen LogP contribution in [0.15, 0.2) is 30.5 Å². The fraction of sp³-hybridized carbons (Fsp3) is 0.556. The highest BCUT2D eigenvalue weighted by atomic mass is 19.1. The first-order valence-corrected chi connectivity index (χ1v) is 8.51. The highest BCUT2D eigenvalue weighted by Gasteiger charge is 2.36. The van der Waals surface area contributed by atoms with E-state index in [0.717, 1.165) is 6.54 Å². The molecule has 2 heterocycles. The van der Waals surface area contributed by atoms with Crippen LogP contribution in [-0.4, -0.2) is 51.5 Å². The standard InChI is InChI=1S/C18H25FN4O2/c1-18(2,3)11-20-17-15(24)10-25-16(17)9-23-8-14(21-22-23)12-5-4-6-13(19)7-12/h4-8,15-17,20,24H,9-11H2,1-3H3/t15-,16+,17+/m0/s1. The number of halogens is 1. The van der Waals surface area contributed by atoms with Gasteiger partial charge in [0.15, 0.2) is 0 Å². The Labute approximate surface area is 147 Å². The summed E-state index contributed by atoms with van der Waals surface area (Å²) < 4.78 is 20.7. The molecule has 1 aliphatic rings. The predicted molar refractivity (Wildman–Crippen MR) is 92.4 cm³/mol. The van der Waals surface area contributed by atoms with Crippen LogP contribution in [0.5, 0.6) is 0 Å². The van der Waals surface area contributed by atoms with Gasteiger partial charge >= 0.3 is 0 Å². The number of hydrogen-bond acceptors (Lipinski definition) is 5. The second-order valence-electron chi connectivity index (χ2n) is 7.74. The predicted octanol–water partition coefficient (Wildman–Crippen LogP) is 1.85. The number of ether oxygens (including phenoxy) is 1. The number of rotatable bonds is 5. The molecule has 3 rings (SSSR count). The third-order valence-corrected chi connectivity index (χ3v) is 4.19. The summed E-state index contributed by atoms with van der Waals surface area (Å²) >= 11 is 0. The number of aliphatic hydroxyl groups is 1. The Hall–Kier alpha value is -1.83. The lowest BCUT2D eigenvalue weighted by molar-refractivity contribution is 0.0736. The van der Waals surface area contributed by atoms with Gasteiger partial charge in [0.25, 0.3) is 0 Å². The molecule has 0 unspecified atom stereocenters. The van der Waals surface area contributed by atoms with Crippen LogP contribution in [-0.2, 0) is 11.3 Å². The van der Waals surface area contributed by atoms with Gasteiger partial charge in [0.1, 0.15) is 11.5 Å². The van der Waals surface area contributed by atoms with E-state index in [1.54, 1.807) is 23.0 Å². The normalized spacial score (nSPS) is 24.0. The van der Waals surface area contributed by atoms with Gasteiger partial charge in [0.05, 0.1) is 37.6 Å². The van der Waals surface area contributed by atoms with Crippen molar-refractivity contribution in [3.8, 4) is 11.3 Å². The van der Waals surface area contributed by atoms with Gasteiger partial charge in [-0.2, -0.15) is 0 Å². The van der Waals surface area contributed by atoms with Crippen LogP contribution in [0, 0.1) is 11.2 Å². The fourth-order valence-electron chi connectivity index (χ4n) is 2.89. The molecule has 6 nitrogen and oxygen atoms in total. The first kappa shape index (κ1) is 18.0. The number of nitrogens with one attached hydrogen (secondary N) is 1. The summed E-state index contributed by atoms with van der Waals surface area (Å²) in [6, 6.07) is 6.11. The van der Waals surface area contributed by atoms with Gasteiger partial charge in [0, 0.05) is 12.1 Å². The van der Waals surface area contributed by atoms with Crippen molar-refractivity contribution in [2.75, 3.05) is 13.2 Å². The maximum atomic E-state index is 13.4. The van der Waals surface area contributed by atoms with E-state index < -0.39 is 6.10 Å². The molecular weight excluding hydrogens is 323 g/mol. The topological polar surface area (TPSA) is 72.2 Å². The summed E-state index contributed by atoms with van der Waals surface area (Å²) in [5.74, 6) is -0.305. The summed E-state index contributed by atoms with van der Waals surface area (Å²) in [6.07, 6.45) is 1.03. The van der Waals surface area contributed by atoms with Crippen LogP contribution >= 0.6 is 0 Å². The van der Waals surface area contributed by atoms with Crippen LogP contribution in [0.25, 0.3) is 11.3 Å². The highest BCUT2D eigenvalue weighted by Crippen LogP contribution is 2.21. The molecule has 2 aromatic rings. The van der Waals surface area contributed by atoms with Crippen molar-refractivity contribution in [1.29, 1.82) is 0 Å². The van der Waals surface area contributed by atoms with Gasteiger partial charge in [-0.25, -0.2) is 9.07 Å². The summed E-state index contributed by atoms with van der Waals surface area (Å²) in [5.41, 5.74) is 1.41. The van der Waals surface area contributed by atoms with Gasteiger partial charge in [-0.1, -0.05) is 38.1 Å². The number of nitrogens with zero attached hydrogens (tertiary/aromatic N) is 3. The molecule has 2 N–H and O–H groups in total. The second-order valence-corrected chi connectivity index (χ2v) is 7.74. The first-order chi connectivity index (χ1) is 11.8. The molecule has 1 fully saturated rings. The molecule has 0 saturated carbocycles. The van der Waals surface area contributed by atoms with Gasteiger partial charge in [0.2, 0.25) is 0 Å². The fourth-order valence-corrected chi connectivity index (χ4v) is 2.89. The smallest absolute Gasteiger partial charge is 0.123 e.